The number of terminal acetylenes is 1. The molecule has 6 nitrogen and oxygen atoms in total. The summed E-state index contributed by atoms with van der Waals surface area (Å²) in [6.45, 7) is 3.61. The number of ether oxygens (including phenoxy) is 4. The zero-order chi connectivity index (χ0) is 18.9. The number of carbonyl (C=O) groups is 2. The van der Waals surface area contributed by atoms with Crippen LogP contribution in [0.15, 0.2) is 30.3 Å². The lowest BCUT2D eigenvalue weighted by molar-refractivity contribution is -0.186. The van der Waals surface area contributed by atoms with Crippen LogP contribution in [0.4, 0.5) is 0 Å². The van der Waals surface area contributed by atoms with Crippen LogP contribution in [0.25, 0.3) is 0 Å². The molecular weight excluding hydrogens is 336 g/mol. The number of benzene rings is 1. The molecule has 0 aliphatic carbocycles. The second kappa shape index (κ2) is 9.95. The summed E-state index contributed by atoms with van der Waals surface area (Å²) in [6, 6.07) is 8.60. The van der Waals surface area contributed by atoms with Crippen LogP contribution in [0.2, 0.25) is 0 Å². The van der Waals surface area contributed by atoms with Gasteiger partial charge in [-0.2, -0.15) is 0 Å². The van der Waals surface area contributed by atoms with Gasteiger partial charge < -0.3 is 18.9 Å². The zero-order valence-electron chi connectivity index (χ0n) is 15.1. The maximum atomic E-state index is 12.4. The van der Waals surface area contributed by atoms with Gasteiger partial charge in [-0.1, -0.05) is 25.1 Å². The van der Waals surface area contributed by atoms with Gasteiger partial charge in [-0.25, -0.2) is 4.79 Å². The average Bonchev–Trinajstić information content (AvgIpc) is 2.95. The predicted molar refractivity (Wildman–Crippen MR) is 94.2 cm³/mol. The van der Waals surface area contributed by atoms with E-state index < -0.39 is 30.4 Å². The number of esters is 2. The first-order valence-corrected chi connectivity index (χ1v) is 8.70. The summed E-state index contributed by atoms with van der Waals surface area (Å²) in [6.07, 6.45) is 4.42. The van der Waals surface area contributed by atoms with E-state index in [1.54, 1.807) is 24.3 Å². The third-order valence-electron chi connectivity index (χ3n) is 3.98. The Hall–Kier alpha value is -2.36. The minimum atomic E-state index is -0.997. The Kier molecular flexibility index (Phi) is 7.64. The first-order chi connectivity index (χ1) is 12.6. The molecule has 140 valence electrons. The summed E-state index contributed by atoms with van der Waals surface area (Å²) < 4.78 is 22.4. The van der Waals surface area contributed by atoms with E-state index in [2.05, 4.69) is 5.92 Å². The quantitative estimate of drug-likeness (QED) is 0.403. The molecule has 1 heterocycles. The van der Waals surface area contributed by atoms with Crippen molar-refractivity contribution < 1.29 is 28.5 Å². The molecule has 2 rings (SSSR count). The number of hydrogen-bond donors (Lipinski definition) is 0. The molecule has 4 atom stereocenters. The van der Waals surface area contributed by atoms with Gasteiger partial charge in [0.05, 0.1) is 11.7 Å². The lowest BCUT2D eigenvalue weighted by Gasteiger charge is -2.24. The molecule has 1 aliphatic heterocycles. The number of hydrogen-bond acceptors (Lipinski definition) is 6. The maximum Gasteiger partial charge on any atom is 0.338 e. The Morgan fingerprint density at radius 2 is 1.92 bits per heavy atom. The molecular formula is C20H24O6. The molecule has 1 aliphatic rings. The second-order valence-electron chi connectivity index (χ2n) is 5.94. The van der Waals surface area contributed by atoms with Crippen LogP contribution in [-0.4, -0.2) is 43.1 Å². The van der Waals surface area contributed by atoms with Crippen molar-refractivity contribution in [3.8, 4) is 12.3 Å². The fourth-order valence-electron chi connectivity index (χ4n) is 2.76. The summed E-state index contributed by atoms with van der Waals surface area (Å²) in [7, 11) is 0. The van der Waals surface area contributed by atoms with Gasteiger partial charge in [-0.15, -0.1) is 12.3 Å². The Bertz CT molecular complexity index is 635. The molecule has 1 saturated heterocycles. The van der Waals surface area contributed by atoms with Crippen LogP contribution in [0, 0.1) is 12.3 Å². The van der Waals surface area contributed by atoms with Gasteiger partial charge in [-0.3, -0.25) is 4.79 Å². The van der Waals surface area contributed by atoms with Crippen LogP contribution in [0.1, 0.15) is 43.5 Å². The molecule has 0 saturated carbocycles. The van der Waals surface area contributed by atoms with Crippen molar-refractivity contribution in [2.24, 2.45) is 0 Å². The minimum absolute atomic E-state index is 0.348. The smallest absolute Gasteiger partial charge is 0.338 e. The van der Waals surface area contributed by atoms with E-state index in [0.29, 0.717) is 31.4 Å². The van der Waals surface area contributed by atoms with E-state index in [0.717, 1.165) is 0 Å². The predicted octanol–water partition coefficient (Wildman–Crippen LogP) is 2.71. The first-order valence-electron chi connectivity index (χ1n) is 8.70. The molecule has 0 aromatic heterocycles. The van der Waals surface area contributed by atoms with Crippen molar-refractivity contribution >= 4 is 11.9 Å². The van der Waals surface area contributed by atoms with E-state index in [1.807, 2.05) is 13.0 Å². The number of unbranched alkanes of at least 4 members (excludes halogenated alkanes) is 1. The molecule has 6 heteroatoms. The summed E-state index contributed by atoms with van der Waals surface area (Å²) >= 11 is 0. The fourth-order valence-corrected chi connectivity index (χ4v) is 2.76. The van der Waals surface area contributed by atoms with Gasteiger partial charge in [0.2, 0.25) is 6.29 Å². The normalized spacial score (nSPS) is 24.7. The molecule has 0 unspecified atom stereocenters. The van der Waals surface area contributed by atoms with Crippen molar-refractivity contribution in [3.05, 3.63) is 35.9 Å². The Morgan fingerprint density at radius 3 is 2.54 bits per heavy atom. The van der Waals surface area contributed by atoms with Gasteiger partial charge in [0.1, 0.15) is 6.10 Å². The highest BCUT2D eigenvalue weighted by Crippen LogP contribution is 2.30. The summed E-state index contributed by atoms with van der Waals surface area (Å²) in [5, 5.41) is 0. The molecule has 0 radical (unpaired) electrons. The molecule has 26 heavy (non-hydrogen) atoms. The fraction of sp³-hybridized carbons (Fsp3) is 0.500. The molecule has 0 N–H and O–H groups in total. The van der Waals surface area contributed by atoms with Crippen LogP contribution in [0.3, 0.4) is 0 Å². The van der Waals surface area contributed by atoms with E-state index >= 15 is 0 Å². The third-order valence-corrected chi connectivity index (χ3v) is 3.98. The molecule has 0 amide bonds. The number of rotatable bonds is 8. The highest BCUT2D eigenvalue weighted by atomic mass is 16.7. The second-order valence-corrected chi connectivity index (χ2v) is 5.94. The molecule has 0 bridgehead atoms. The van der Waals surface area contributed by atoms with Gasteiger partial charge in [0.25, 0.3) is 0 Å². The van der Waals surface area contributed by atoms with Crippen LogP contribution < -0.4 is 0 Å². The SMILES string of the molecule is C#CCCCO[C@H]1[C@@H](OC(=O)c2ccccc2)[C@H](OC(C)=O)O[C@@H]1CC. The van der Waals surface area contributed by atoms with Crippen molar-refractivity contribution in [1.82, 2.24) is 0 Å². The maximum absolute atomic E-state index is 12.4. The average molecular weight is 360 g/mol. The highest BCUT2D eigenvalue weighted by Gasteiger charge is 2.49. The molecule has 1 fully saturated rings. The topological polar surface area (TPSA) is 71.1 Å². The van der Waals surface area contributed by atoms with Crippen LogP contribution in [-0.2, 0) is 23.7 Å². The van der Waals surface area contributed by atoms with Gasteiger partial charge >= 0.3 is 11.9 Å². The Morgan fingerprint density at radius 1 is 1.19 bits per heavy atom. The van der Waals surface area contributed by atoms with E-state index in [4.69, 9.17) is 25.4 Å². The van der Waals surface area contributed by atoms with Gasteiger partial charge in [0.15, 0.2) is 6.10 Å². The van der Waals surface area contributed by atoms with Crippen LogP contribution >= 0.6 is 0 Å². The Labute approximate surface area is 153 Å². The largest absolute Gasteiger partial charge is 0.449 e. The van der Waals surface area contributed by atoms with Crippen molar-refractivity contribution in [2.75, 3.05) is 6.61 Å². The zero-order valence-corrected chi connectivity index (χ0v) is 15.1. The van der Waals surface area contributed by atoms with E-state index in [1.165, 1.54) is 6.92 Å². The first kappa shape index (κ1) is 20.0. The monoisotopic (exact) mass is 360 g/mol. The Balaban J connectivity index is 2.13. The number of carbonyl (C=O) groups excluding carboxylic acids is 2. The van der Waals surface area contributed by atoms with Crippen LogP contribution in [0.5, 0.6) is 0 Å². The summed E-state index contributed by atoms with van der Waals surface area (Å²) in [5.74, 6) is 1.51. The lowest BCUT2D eigenvalue weighted by atomic mass is 10.1. The molecule has 1 aromatic carbocycles. The molecule has 0 spiro atoms. The summed E-state index contributed by atoms with van der Waals surface area (Å²) in [5.41, 5.74) is 0.403. The lowest BCUT2D eigenvalue weighted by Crippen LogP contribution is -2.40. The molecule has 1 aromatic rings. The van der Waals surface area contributed by atoms with Crippen molar-refractivity contribution in [3.63, 3.8) is 0 Å². The van der Waals surface area contributed by atoms with Gasteiger partial charge in [-0.05, 0) is 25.0 Å². The minimum Gasteiger partial charge on any atom is -0.449 e. The van der Waals surface area contributed by atoms with E-state index in [9.17, 15) is 9.59 Å². The summed E-state index contributed by atoms with van der Waals surface area (Å²) in [4.78, 5) is 23.8. The van der Waals surface area contributed by atoms with E-state index in [-0.39, 0.29) is 6.10 Å². The van der Waals surface area contributed by atoms with Gasteiger partial charge in [0, 0.05) is 20.0 Å². The van der Waals surface area contributed by atoms with Crippen molar-refractivity contribution in [2.45, 2.75) is 57.7 Å². The highest BCUT2D eigenvalue weighted by molar-refractivity contribution is 5.89. The standard InChI is InChI=1S/C20H24O6/c1-4-6-10-13-23-17-16(5-2)25-20(24-14(3)21)18(17)26-19(22)15-11-8-7-9-12-15/h1,7-9,11-12,16-18,20H,5-6,10,13H2,2-3H3/t16-,17-,18-,20-/m1/s1. The third kappa shape index (κ3) is 5.32. The van der Waals surface area contributed by atoms with Crippen molar-refractivity contribution in [1.29, 1.82) is 0 Å².